The first-order valence-electron chi connectivity index (χ1n) is 9.58. The first-order valence-corrected chi connectivity index (χ1v) is 9.58. The fourth-order valence-corrected chi connectivity index (χ4v) is 3.40. The smallest absolute Gasteiger partial charge is 0.223 e. The van der Waals surface area contributed by atoms with Crippen molar-refractivity contribution in [1.82, 2.24) is 15.3 Å². The Bertz CT molecular complexity index is 910. The molecule has 1 aromatic carbocycles. The largest absolute Gasteiger partial charge is 0.384 e. The van der Waals surface area contributed by atoms with Gasteiger partial charge in [0.05, 0.1) is 11.2 Å². The number of rotatable bonds is 3. The number of nitrogens with zero attached hydrogens (tertiary/aromatic N) is 2. The third-order valence-electron chi connectivity index (χ3n) is 4.46. The molecule has 5 heteroatoms. The second-order valence-corrected chi connectivity index (χ2v) is 8.68. The van der Waals surface area contributed by atoms with Crippen LogP contribution in [0.5, 0.6) is 0 Å². The molecule has 1 saturated heterocycles. The summed E-state index contributed by atoms with van der Waals surface area (Å²) in [5.41, 5.74) is 9.31. The van der Waals surface area contributed by atoms with E-state index < -0.39 is 5.54 Å². The summed E-state index contributed by atoms with van der Waals surface area (Å²) in [7, 11) is 0. The van der Waals surface area contributed by atoms with E-state index in [0.717, 1.165) is 35.4 Å². The number of nitrogens with one attached hydrogen (secondary N) is 2. The van der Waals surface area contributed by atoms with Gasteiger partial charge in [-0.3, -0.25) is 0 Å². The highest BCUT2D eigenvalue weighted by molar-refractivity contribution is 5.61. The zero-order valence-electron chi connectivity index (χ0n) is 17.1. The molecule has 1 aromatic heterocycles. The molecule has 4 N–H and O–H groups in total. The van der Waals surface area contributed by atoms with Gasteiger partial charge in [-0.15, -0.1) is 0 Å². The quantitative estimate of drug-likeness (QED) is 0.714. The molecule has 0 amide bonds. The van der Waals surface area contributed by atoms with Gasteiger partial charge in [-0.2, -0.15) is 0 Å². The van der Waals surface area contributed by atoms with Gasteiger partial charge in [0.15, 0.2) is 0 Å². The third-order valence-corrected chi connectivity index (χ3v) is 4.46. The van der Waals surface area contributed by atoms with Gasteiger partial charge in [0, 0.05) is 41.0 Å². The molecule has 2 heterocycles. The monoisotopic (exact) mass is 375 g/mol. The van der Waals surface area contributed by atoms with Crippen molar-refractivity contribution in [3.05, 3.63) is 54.4 Å². The first kappa shape index (κ1) is 19.9. The van der Waals surface area contributed by atoms with Gasteiger partial charge >= 0.3 is 0 Å². The SMILES string of the molecule is C=C1CC(Nc2nccc(-c3ccc(C#CC(C)(C)N)cc3)n2)CC(C)(C)N1. The molecular weight excluding hydrogens is 346 g/mol. The molecule has 1 aliphatic heterocycles. The Kier molecular flexibility index (Phi) is 5.44. The topological polar surface area (TPSA) is 75.9 Å². The van der Waals surface area contributed by atoms with Crippen molar-refractivity contribution in [3.8, 4) is 23.1 Å². The fraction of sp³-hybridized carbons (Fsp3) is 0.391. The van der Waals surface area contributed by atoms with Crippen molar-refractivity contribution in [2.45, 2.75) is 57.7 Å². The van der Waals surface area contributed by atoms with Gasteiger partial charge in [-0.25, -0.2) is 9.97 Å². The Morgan fingerprint density at radius 2 is 1.96 bits per heavy atom. The Balaban J connectivity index is 1.74. The van der Waals surface area contributed by atoms with E-state index in [9.17, 15) is 0 Å². The van der Waals surface area contributed by atoms with Crippen LogP contribution in [-0.4, -0.2) is 27.1 Å². The highest BCUT2D eigenvalue weighted by atomic mass is 15.1. The summed E-state index contributed by atoms with van der Waals surface area (Å²) in [5, 5.41) is 6.91. The van der Waals surface area contributed by atoms with E-state index in [0.29, 0.717) is 5.95 Å². The molecule has 0 bridgehead atoms. The van der Waals surface area contributed by atoms with Crippen molar-refractivity contribution < 1.29 is 0 Å². The Hall–Kier alpha value is -2.84. The van der Waals surface area contributed by atoms with Crippen LogP contribution in [0.3, 0.4) is 0 Å². The lowest BCUT2D eigenvalue weighted by molar-refractivity contribution is 0.324. The molecule has 1 aliphatic rings. The number of piperidine rings is 1. The maximum atomic E-state index is 5.92. The van der Waals surface area contributed by atoms with Gasteiger partial charge in [-0.1, -0.05) is 30.6 Å². The van der Waals surface area contributed by atoms with E-state index in [1.54, 1.807) is 6.20 Å². The highest BCUT2D eigenvalue weighted by Crippen LogP contribution is 2.26. The van der Waals surface area contributed by atoms with E-state index in [-0.39, 0.29) is 11.6 Å². The minimum atomic E-state index is -0.500. The number of benzene rings is 1. The maximum absolute atomic E-state index is 5.92. The average Bonchev–Trinajstić information content (AvgIpc) is 2.58. The van der Waals surface area contributed by atoms with Crippen LogP contribution in [0.1, 0.15) is 46.1 Å². The summed E-state index contributed by atoms with van der Waals surface area (Å²) < 4.78 is 0. The van der Waals surface area contributed by atoms with E-state index in [4.69, 9.17) is 10.7 Å². The van der Waals surface area contributed by atoms with E-state index >= 15 is 0 Å². The van der Waals surface area contributed by atoms with Crippen LogP contribution in [0.25, 0.3) is 11.3 Å². The number of hydrogen-bond acceptors (Lipinski definition) is 5. The summed E-state index contributed by atoms with van der Waals surface area (Å²) in [5.74, 6) is 6.79. The number of aromatic nitrogens is 2. The van der Waals surface area contributed by atoms with Gasteiger partial charge in [-0.05, 0) is 52.3 Å². The molecule has 5 nitrogen and oxygen atoms in total. The van der Waals surface area contributed by atoms with Crippen molar-refractivity contribution in [3.63, 3.8) is 0 Å². The van der Waals surface area contributed by atoms with Gasteiger partial charge < -0.3 is 16.4 Å². The molecule has 146 valence electrons. The maximum Gasteiger partial charge on any atom is 0.223 e. The van der Waals surface area contributed by atoms with Crippen LogP contribution in [0.15, 0.2) is 48.8 Å². The van der Waals surface area contributed by atoms with Crippen LogP contribution in [0.4, 0.5) is 5.95 Å². The second-order valence-electron chi connectivity index (χ2n) is 8.68. The van der Waals surface area contributed by atoms with E-state index in [1.165, 1.54) is 0 Å². The average molecular weight is 376 g/mol. The molecule has 0 saturated carbocycles. The third kappa shape index (κ3) is 5.58. The summed E-state index contributed by atoms with van der Waals surface area (Å²) in [6.45, 7) is 12.2. The zero-order chi connectivity index (χ0) is 20.4. The number of hydrogen-bond donors (Lipinski definition) is 3. The molecule has 3 rings (SSSR count). The molecule has 0 spiro atoms. The lowest BCUT2D eigenvalue weighted by Crippen LogP contribution is -2.48. The Labute approximate surface area is 167 Å². The molecular formula is C23H29N5. The molecule has 0 aliphatic carbocycles. The molecule has 1 atom stereocenters. The molecule has 1 unspecified atom stereocenters. The minimum Gasteiger partial charge on any atom is -0.384 e. The van der Waals surface area contributed by atoms with Gasteiger partial charge in [0.2, 0.25) is 5.95 Å². The minimum absolute atomic E-state index is 0.0135. The highest BCUT2D eigenvalue weighted by Gasteiger charge is 2.29. The Morgan fingerprint density at radius 3 is 2.61 bits per heavy atom. The zero-order valence-corrected chi connectivity index (χ0v) is 17.1. The summed E-state index contributed by atoms with van der Waals surface area (Å²) in [6, 6.07) is 10.2. The predicted molar refractivity (Wildman–Crippen MR) is 116 cm³/mol. The molecule has 28 heavy (non-hydrogen) atoms. The molecule has 1 fully saturated rings. The van der Waals surface area contributed by atoms with Crippen LogP contribution in [0.2, 0.25) is 0 Å². The van der Waals surface area contributed by atoms with E-state index in [2.05, 4.69) is 47.9 Å². The van der Waals surface area contributed by atoms with Crippen molar-refractivity contribution in [2.75, 3.05) is 5.32 Å². The predicted octanol–water partition coefficient (Wildman–Crippen LogP) is 3.69. The first-order chi connectivity index (χ1) is 13.1. The summed E-state index contributed by atoms with van der Waals surface area (Å²) in [6.07, 6.45) is 3.63. The van der Waals surface area contributed by atoms with Crippen LogP contribution >= 0.6 is 0 Å². The van der Waals surface area contributed by atoms with Crippen molar-refractivity contribution >= 4 is 5.95 Å². The normalized spacial score (nSPS) is 18.6. The lowest BCUT2D eigenvalue weighted by atomic mass is 9.88. The second kappa shape index (κ2) is 7.65. The standard InChI is InChI=1S/C23H29N5/c1-16-14-19(15-23(4,5)28-16)26-21-25-13-11-20(27-21)18-8-6-17(7-9-18)10-12-22(2,3)24/h6-9,11,13,19,28H,1,14-15,24H2,2-5H3,(H,25,26,27). The molecule has 0 radical (unpaired) electrons. The summed E-state index contributed by atoms with van der Waals surface area (Å²) in [4.78, 5) is 9.09. The van der Waals surface area contributed by atoms with Gasteiger partial charge in [0.1, 0.15) is 0 Å². The lowest BCUT2D eigenvalue weighted by Gasteiger charge is -2.38. The van der Waals surface area contributed by atoms with Crippen LogP contribution in [-0.2, 0) is 0 Å². The van der Waals surface area contributed by atoms with E-state index in [1.807, 2.05) is 44.2 Å². The summed E-state index contributed by atoms with van der Waals surface area (Å²) >= 11 is 0. The van der Waals surface area contributed by atoms with Crippen LogP contribution in [0, 0.1) is 11.8 Å². The number of anilines is 1. The van der Waals surface area contributed by atoms with Crippen LogP contribution < -0.4 is 16.4 Å². The Morgan fingerprint density at radius 1 is 1.25 bits per heavy atom. The fourth-order valence-electron chi connectivity index (χ4n) is 3.40. The van der Waals surface area contributed by atoms with Gasteiger partial charge in [0.25, 0.3) is 0 Å². The van der Waals surface area contributed by atoms with Crippen molar-refractivity contribution in [1.29, 1.82) is 0 Å². The van der Waals surface area contributed by atoms with Crippen molar-refractivity contribution in [2.24, 2.45) is 5.73 Å². The molecule has 2 aromatic rings. The number of nitrogens with two attached hydrogens (primary N) is 1.